The van der Waals surface area contributed by atoms with E-state index in [0.717, 1.165) is 25.7 Å². The standard InChI is InChI=1S/C24H40F2O4/c1-3-5-12-20(25)22(27)29-24(30-23(28)21(26)13-6-4-2)16-14-19(15-17-24)18-10-8-7-9-11-18/h18-21H,3-17H2,1-2H3/t20-,21-/m0/s1. The van der Waals surface area contributed by atoms with Crippen LogP contribution in [0.2, 0.25) is 0 Å². The summed E-state index contributed by atoms with van der Waals surface area (Å²) < 4.78 is 39.4. The first kappa shape index (κ1) is 25.1. The SMILES string of the molecule is CCCC[C@H](F)C(=O)OC1(OC(=O)[C@@H](F)CCCC)CCC(C2CCCCC2)CC1. The Morgan fingerprint density at radius 2 is 1.23 bits per heavy atom. The molecule has 2 aliphatic carbocycles. The zero-order valence-corrected chi connectivity index (χ0v) is 18.8. The van der Waals surface area contributed by atoms with Crippen LogP contribution >= 0.6 is 0 Å². The van der Waals surface area contributed by atoms with Crippen molar-refractivity contribution in [2.24, 2.45) is 11.8 Å². The van der Waals surface area contributed by atoms with E-state index in [9.17, 15) is 18.4 Å². The molecule has 2 saturated carbocycles. The van der Waals surface area contributed by atoms with Crippen LogP contribution in [0, 0.1) is 11.8 Å². The van der Waals surface area contributed by atoms with Crippen molar-refractivity contribution in [1.29, 1.82) is 0 Å². The number of rotatable bonds is 11. The highest BCUT2D eigenvalue weighted by molar-refractivity contribution is 5.77. The van der Waals surface area contributed by atoms with Crippen LogP contribution in [0.4, 0.5) is 8.78 Å². The Balaban J connectivity index is 2.02. The number of unbranched alkanes of at least 4 members (excludes halogenated alkanes) is 2. The fourth-order valence-electron chi connectivity index (χ4n) is 4.88. The number of hydrogen-bond acceptors (Lipinski definition) is 4. The highest BCUT2D eigenvalue weighted by Crippen LogP contribution is 2.43. The third-order valence-electron chi connectivity index (χ3n) is 6.82. The summed E-state index contributed by atoms with van der Waals surface area (Å²) in [5.41, 5.74) is 0. The first-order valence-corrected chi connectivity index (χ1v) is 12.1. The van der Waals surface area contributed by atoms with Crippen LogP contribution < -0.4 is 0 Å². The van der Waals surface area contributed by atoms with Crippen molar-refractivity contribution >= 4 is 11.9 Å². The van der Waals surface area contributed by atoms with Gasteiger partial charge in [-0.25, -0.2) is 18.4 Å². The highest BCUT2D eigenvalue weighted by Gasteiger charge is 2.46. The van der Waals surface area contributed by atoms with E-state index in [4.69, 9.17) is 9.47 Å². The molecule has 6 heteroatoms. The van der Waals surface area contributed by atoms with Crippen molar-refractivity contribution in [1.82, 2.24) is 0 Å². The molecular formula is C24H40F2O4. The lowest BCUT2D eigenvalue weighted by molar-refractivity contribution is -0.248. The number of halogens is 2. The Morgan fingerprint density at radius 3 is 1.67 bits per heavy atom. The molecule has 0 aromatic heterocycles. The van der Waals surface area contributed by atoms with Crippen LogP contribution in [0.3, 0.4) is 0 Å². The number of ether oxygens (including phenoxy) is 2. The summed E-state index contributed by atoms with van der Waals surface area (Å²) in [6, 6.07) is 0. The van der Waals surface area contributed by atoms with Gasteiger partial charge in [-0.1, -0.05) is 71.6 Å². The summed E-state index contributed by atoms with van der Waals surface area (Å²) in [7, 11) is 0. The fourth-order valence-corrected chi connectivity index (χ4v) is 4.88. The second-order valence-electron chi connectivity index (χ2n) is 9.21. The van der Waals surface area contributed by atoms with Gasteiger partial charge in [-0.05, 0) is 37.5 Å². The summed E-state index contributed by atoms with van der Waals surface area (Å²) >= 11 is 0. The first-order chi connectivity index (χ1) is 14.4. The van der Waals surface area contributed by atoms with Crippen molar-refractivity contribution in [2.75, 3.05) is 0 Å². The normalized spacial score (nSPS) is 22.3. The predicted octanol–water partition coefficient (Wildman–Crippen LogP) is 6.60. The van der Waals surface area contributed by atoms with E-state index < -0.39 is 30.1 Å². The predicted molar refractivity (Wildman–Crippen MR) is 112 cm³/mol. The topological polar surface area (TPSA) is 52.6 Å². The van der Waals surface area contributed by atoms with Gasteiger partial charge in [0.15, 0.2) is 12.3 Å². The van der Waals surface area contributed by atoms with Gasteiger partial charge < -0.3 is 9.47 Å². The van der Waals surface area contributed by atoms with E-state index >= 15 is 0 Å². The zero-order chi connectivity index (χ0) is 22.0. The van der Waals surface area contributed by atoms with Crippen molar-refractivity contribution in [3.05, 3.63) is 0 Å². The molecule has 2 aliphatic rings. The van der Waals surface area contributed by atoms with Gasteiger partial charge in [0.2, 0.25) is 0 Å². The van der Waals surface area contributed by atoms with E-state index in [1.807, 2.05) is 13.8 Å². The largest absolute Gasteiger partial charge is 0.420 e. The number of alkyl halides is 2. The highest BCUT2D eigenvalue weighted by atomic mass is 19.1. The molecular weight excluding hydrogens is 390 g/mol. The van der Waals surface area contributed by atoms with E-state index in [0.29, 0.717) is 37.5 Å². The molecule has 0 aromatic rings. The van der Waals surface area contributed by atoms with E-state index in [1.165, 1.54) is 32.1 Å². The maximum Gasteiger partial charge on any atom is 0.343 e. The summed E-state index contributed by atoms with van der Waals surface area (Å²) in [5.74, 6) is -2.35. The zero-order valence-electron chi connectivity index (χ0n) is 18.8. The molecule has 0 bridgehead atoms. The van der Waals surface area contributed by atoms with Crippen LogP contribution in [-0.4, -0.2) is 30.1 Å². The van der Waals surface area contributed by atoms with Crippen LogP contribution in [0.5, 0.6) is 0 Å². The second kappa shape index (κ2) is 12.6. The minimum Gasteiger partial charge on any atom is -0.420 e. The van der Waals surface area contributed by atoms with E-state index in [-0.39, 0.29) is 12.8 Å². The minimum absolute atomic E-state index is 0.0896. The number of esters is 2. The van der Waals surface area contributed by atoms with Gasteiger partial charge in [0.25, 0.3) is 5.79 Å². The minimum atomic E-state index is -1.74. The third kappa shape index (κ3) is 7.49. The average molecular weight is 431 g/mol. The lowest BCUT2D eigenvalue weighted by Gasteiger charge is -2.42. The van der Waals surface area contributed by atoms with Crippen molar-refractivity contribution < 1.29 is 27.8 Å². The molecule has 2 rings (SSSR count). The van der Waals surface area contributed by atoms with E-state index in [2.05, 4.69) is 0 Å². The molecule has 0 radical (unpaired) electrons. The Kier molecular flexibility index (Phi) is 10.5. The maximum atomic E-state index is 14.2. The van der Waals surface area contributed by atoms with Gasteiger partial charge in [-0.2, -0.15) is 0 Å². The molecule has 0 aromatic carbocycles. The monoisotopic (exact) mass is 430 g/mol. The number of carbonyl (C=O) groups is 2. The molecule has 0 saturated heterocycles. The van der Waals surface area contributed by atoms with Gasteiger partial charge in [-0.3, -0.25) is 0 Å². The van der Waals surface area contributed by atoms with Gasteiger partial charge in [0, 0.05) is 12.8 Å². The van der Waals surface area contributed by atoms with Gasteiger partial charge in [-0.15, -0.1) is 0 Å². The molecule has 4 nitrogen and oxygen atoms in total. The molecule has 174 valence electrons. The average Bonchev–Trinajstić information content (AvgIpc) is 2.76. The Labute approximate surface area is 180 Å². The molecule has 0 heterocycles. The van der Waals surface area contributed by atoms with Crippen LogP contribution in [-0.2, 0) is 19.1 Å². The maximum absolute atomic E-state index is 14.2. The molecule has 2 atom stereocenters. The summed E-state index contributed by atoms with van der Waals surface area (Å²) in [6.45, 7) is 3.84. The van der Waals surface area contributed by atoms with Crippen LogP contribution in [0.25, 0.3) is 0 Å². The molecule has 0 spiro atoms. The first-order valence-electron chi connectivity index (χ1n) is 12.1. The lowest BCUT2D eigenvalue weighted by Crippen LogP contribution is -2.47. The Bertz CT molecular complexity index is 495. The molecule has 0 unspecified atom stereocenters. The number of carbonyl (C=O) groups excluding carboxylic acids is 2. The quantitative estimate of drug-likeness (QED) is 0.274. The summed E-state index contributed by atoms with van der Waals surface area (Å²) in [5, 5.41) is 0. The van der Waals surface area contributed by atoms with Crippen molar-refractivity contribution in [3.63, 3.8) is 0 Å². The Hall–Kier alpha value is -1.20. The van der Waals surface area contributed by atoms with Gasteiger partial charge in [0.05, 0.1) is 0 Å². The van der Waals surface area contributed by atoms with Crippen molar-refractivity contribution in [3.8, 4) is 0 Å². The molecule has 30 heavy (non-hydrogen) atoms. The molecule has 2 fully saturated rings. The molecule has 0 amide bonds. The summed E-state index contributed by atoms with van der Waals surface area (Å²) in [6.07, 6.45) is 7.78. The summed E-state index contributed by atoms with van der Waals surface area (Å²) in [4.78, 5) is 24.7. The smallest absolute Gasteiger partial charge is 0.343 e. The van der Waals surface area contributed by atoms with Gasteiger partial charge in [0.1, 0.15) is 0 Å². The Morgan fingerprint density at radius 1 is 0.800 bits per heavy atom. The van der Waals surface area contributed by atoms with E-state index in [1.54, 1.807) is 0 Å². The molecule has 0 aliphatic heterocycles. The van der Waals surface area contributed by atoms with Crippen LogP contribution in [0.1, 0.15) is 110 Å². The molecule has 0 N–H and O–H groups in total. The fraction of sp³-hybridized carbons (Fsp3) is 0.917. The van der Waals surface area contributed by atoms with Gasteiger partial charge >= 0.3 is 11.9 Å². The third-order valence-corrected chi connectivity index (χ3v) is 6.82. The lowest BCUT2D eigenvalue weighted by atomic mass is 9.72. The number of hydrogen-bond donors (Lipinski definition) is 0. The van der Waals surface area contributed by atoms with Crippen molar-refractivity contribution in [2.45, 2.75) is 128 Å². The second-order valence-corrected chi connectivity index (χ2v) is 9.21. The van der Waals surface area contributed by atoms with Crippen LogP contribution in [0.15, 0.2) is 0 Å².